The second-order valence-electron chi connectivity index (χ2n) is 13.0. The maximum Gasteiger partial charge on any atom is 0.274 e. The Morgan fingerprint density at radius 3 is 2.66 bits per heavy atom. The van der Waals surface area contributed by atoms with E-state index in [1.807, 2.05) is 38.1 Å². The zero-order valence-electron chi connectivity index (χ0n) is 27.4. The standard InChI is InChI=1S/C35H35F3N6O6/c1-3-4-11-49-32-30-34(48)42-17-27(43(30)16-22(31(32)46)33(47)39-15-21-23(37)12-20(36)13-24(21)38)35(10-9-19(42)2)14-29(45)44(50-35)18-28-40-25-7-5-6-8-26(25)41-28/h5-8,12-13,16,19,27H,3-4,9-11,14-15,17-18H2,1-2H3,(H,39,47)(H,40,41)/t19-,27+,35-/m0/s1. The molecule has 15 heteroatoms. The molecule has 2 bridgehead atoms. The zero-order valence-corrected chi connectivity index (χ0v) is 27.4. The lowest BCUT2D eigenvalue weighted by atomic mass is 9.85. The second kappa shape index (κ2) is 12.9. The molecule has 2 aromatic carbocycles. The van der Waals surface area contributed by atoms with E-state index in [0.29, 0.717) is 37.2 Å². The van der Waals surface area contributed by atoms with Gasteiger partial charge in [-0.3, -0.25) is 24.0 Å². The monoisotopic (exact) mass is 692 g/mol. The van der Waals surface area contributed by atoms with Gasteiger partial charge >= 0.3 is 0 Å². The number of aromatic nitrogens is 3. The second-order valence-corrected chi connectivity index (χ2v) is 13.0. The summed E-state index contributed by atoms with van der Waals surface area (Å²) >= 11 is 0. The Labute approximate surface area is 284 Å². The van der Waals surface area contributed by atoms with E-state index in [9.17, 15) is 32.3 Å². The van der Waals surface area contributed by atoms with Crippen molar-refractivity contribution in [1.82, 2.24) is 29.8 Å². The van der Waals surface area contributed by atoms with Gasteiger partial charge in [-0.15, -0.1) is 0 Å². The van der Waals surface area contributed by atoms with Crippen LogP contribution in [0.5, 0.6) is 5.75 Å². The fraction of sp³-hybridized carbons (Fsp3) is 0.400. The molecule has 3 aliphatic rings. The number of para-hydroxylation sites is 2. The summed E-state index contributed by atoms with van der Waals surface area (Å²) < 4.78 is 49.7. The average Bonchev–Trinajstić information content (AvgIpc) is 3.60. The van der Waals surface area contributed by atoms with E-state index in [-0.39, 0.29) is 49.5 Å². The fourth-order valence-corrected chi connectivity index (χ4v) is 7.05. The third kappa shape index (κ3) is 5.78. The maximum atomic E-state index is 14.4. The molecule has 5 heterocycles. The number of benzene rings is 2. The lowest BCUT2D eigenvalue weighted by Crippen LogP contribution is -2.52. The number of hydroxylamine groups is 2. The molecule has 12 nitrogen and oxygen atoms in total. The highest BCUT2D eigenvalue weighted by molar-refractivity contribution is 5.99. The van der Waals surface area contributed by atoms with E-state index in [2.05, 4.69) is 15.3 Å². The first-order chi connectivity index (χ1) is 24.0. The van der Waals surface area contributed by atoms with Gasteiger partial charge in [0.1, 0.15) is 41.0 Å². The largest absolute Gasteiger partial charge is 0.487 e. The van der Waals surface area contributed by atoms with E-state index in [1.165, 1.54) is 15.8 Å². The molecular weight excluding hydrogens is 657 g/mol. The predicted molar refractivity (Wildman–Crippen MR) is 172 cm³/mol. The van der Waals surface area contributed by atoms with Crippen molar-refractivity contribution in [3.8, 4) is 5.75 Å². The quantitative estimate of drug-likeness (QED) is 0.246. The molecule has 2 fully saturated rings. The first-order valence-electron chi connectivity index (χ1n) is 16.6. The van der Waals surface area contributed by atoms with Crippen LogP contribution in [0.2, 0.25) is 0 Å². The number of halogens is 3. The molecule has 262 valence electrons. The third-order valence-corrected chi connectivity index (χ3v) is 9.76. The number of aromatic amines is 1. The molecule has 50 heavy (non-hydrogen) atoms. The van der Waals surface area contributed by atoms with E-state index in [0.717, 1.165) is 17.5 Å². The van der Waals surface area contributed by atoms with Gasteiger partial charge in [-0.2, -0.15) is 0 Å². The van der Waals surface area contributed by atoms with Crippen LogP contribution in [0.1, 0.15) is 84.2 Å². The average molecular weight is 693 g/mol. The van der Waals surface area contributed by atoms with Crippen LogP contribution in [0, 0.1) is 17.5 Å². The predicted octanol–water partition coefficient (Wildman–Crippen LogP) is 4.53. The molecule has 3 atom stereocenters. The number of hydrogen-bond acceptors (Lipinski definition) is 7. The summed E-state index contributed by atoms with van der Waals surface area (Å²) in [4.78, 5) is 71.2. The smallest absolute Gasteiger partial charge is 0.274 e. The number of hydrogen-bond donors (Lipinski definition) is 2. The SMILES string of the molecule is CCCCOc1c2n(cc(C(=O)NCc3c(F)cc(F)cc3F)c1=O)[C@@H]1CN(C2=O)[C@@H](C)CC[C@]12CC(=O)N(Cc1nc3ccccc3[nH]1)O2. The fourth-order valence-electron chi connectivity index (χ4n) is 7.05. The highest BCUT2D eigenvalue weighted by atomic mass is 19.1. The molecule has 7 rings (SSSR count). The van der Waals surface area contributed by atoms with Crippen molar-refractivity contribution < 1.29 is 37.1 Å². The van der Waals surface area contributed by atoms with Gasteiger partial charge in [0.25, 0.3) is 11.8 Å². The van der Waals surface area contributed by atoms with Crippen molar-refractivity contribution in [2.45, 2.75) is 76.7 Å². The topological polar surface area (TPSA) is 139 Å². The number of imidazole rings is 1. The Morgan fingerprint density at radius 1 is 1.16 bits per heavy atom. The minimum absolute atomic E-state index is 0.0345. The highest BCUT2D eigenvalue weighted by Crippen LogP contribution is 2.47. The number of fused-ring (bicyclic) bond motifs is 6. The molecule has 2 aromatic heterocycles. The van der Waals surface area contributed by atoms with Gasteiger partial charge in [0.15, 0.2) is 11.4 Å². The molecule has 0 saturated carbocycles. The number of amides is 3. The number of carbonyl (C=O) groups excluding carboxylic acids is 3. The summed E-state index contributed by atoms with van der Waals surface area (Å²) in [6.07, 6.45) is 3.31. The van der Waals surface area contributed by atoms with E-state index in [4.69, 9.17) is 9.57 Å². The molecule has 3 aliphatic heterocycles. The molecular formula is C35H35F3N6O6. The van der Waals surface area contributed by atoms with Crippen LogP contribution in [0.3, 0.4) is 0 Å². The minimum Gasteiger partial charge on any atom is -0.487 e. The number of pyridine rings is 1. The molecule has 3 amide bonds. The van der Waals surface area contributed by atoms with Gasteiger partial charge < -0.3 is 24.5 Å². The van der Waals surface area contributed by atoms with Crippen molar-refractivity contribution in [3.63, 3.8) is 0 Å². The summed E-state index contributed by atoms with van der Waals surface area (Å²) in [6.45, 7) is 3.35. The number of H-pyrrole nitrogens is 1. The number of nitrogens with one attached hydrogen (secondary N) is 2. The normalized spacial score (nSPS) is 21.5. The van der Waals surface area contributed by atoms with Crippen LogP contribution in [0.15, 0.2) is 47.4 Å². The van der Waals surface area contributed by atoms with Crippen LogP contribution in [-0.2, 0) is 22.7 Å². The van der Waals surface area contributed by atoms with E-state index >= 15 is 0 Å². The van der Waals surface area contributed by atoms with Gasteiger partial charge in [-0.25, -0.2) is 23.2 Å². The van der Waals surface area contributed by atoms with Gasteiger partial charge in [-0.05, 0) is 38.3 Å². The van der Waals surface area contributed by atoms with Crippen LogP contribution >= 0.6 is 0 Å². The lowest BCUT2D eigenvalue weighted by Gasteiger charge is -2.42. The van der Waals surface area contributed by atoms with Crippen molar-refractivity contribution in [3.05, 3.63) is 92.9 Å². The maximum absolute atomic E-state index is 14.4. The van der Waals surface area contributed by atoms with Gasteiger partial charge in [0.2, 0.25) is 11.3 Å². The number of carbonyl (C=O) groups is 3. The first kappa shape index (κ1) is 33.3. The Morgan fingerprint density at radius 2 is 1.92 bits per heavy atom. The number of nitrogens with zero attached hydrogens (tertiary/aromatic N) is 4. The van der Waals surface area contributed by atoms with Gasteiger partial charge in [0, 0.05) is 43.0 Å². The lowest BCUT2D eigenvalue weighted by molar-refractivity contribution is -0.218. The molecule has 0 unspecified atom stereocenters. The summed E-state index contributed by atoms with van der Waals surface area (Å²) in [7, 11) is 0. The summed E-state index contributed by atoms with van der Waals surface area (Å²) in [5.74, 6) is -5.11. The molecule has 4 aromatic rings. The molecule has 0 aliphatic carbocycles. The Kier molecular flexibility index (Phi) is 8.62. The molecule has 2 saturated heterocycles. The van der Waals surface area contributed by atoms with Crippen molar-refractivity contribution in [2.24, 2.45) is 0 Å². The third-order valence-electron chi connectivity index (χ3n) is 9.76. The van der Waals surface area contributed by atoms with Crippen molar-refractivity contribution >= 4 is 28.8 Å². The Balaban J connectivity index is 1.28. The molecule has 0 radical (unpaired) electrons. The van der Waals surface area contributed by atoms with Crippen LogP contribution in [-0.4, -0.2) is 67.0 Å². The van der Waals surface area contributed by atoms with Crippen molar-refractivity contribution in [2.75, 3.05) is 13.2 Å². The van der Waals surface area contributed by atoms with E-state index < -0.39 is 64.0 Å². The number of unbranched alkanes of at least 4 members (excludes halogenated alkanes) is 1. The van der Waals surface area contributed by atoms with Gasteiger partial charge in [-0.1, -0.05) is 25.5 Å². The molecule has 1 spiro atoms. The van der Waals surface area contributed by atoms with Crippen LogP contribution in [0.25, 0.3) is 11.0 Å². The van der Waals surface area contributed by atoms with Crippen molar-refractivity contribution in [1.29, 1.82) is 0 Å². The Bertz CT molecular complexity index is 2030. The van der Waals surface area contributed by atoms with E-state index in [1.54, 1.807) is 4.90 Å². The number of rotatable bonds is 9. The van der Waals surface area contributed by atoms with Gasteiger partial charge in [0.05, 0.1) is 30.1 Å². The summed E-state index contributed by atoms with van der Waals surface area (Å²) in [5.41, 5.74) is -1.63. The highest BCUT2D eigenvalue weighted by Gasteiger charge is 2.56. The number of ether oxygens (including phenoxy) is 1. The van der Waals surface area contributed by atoms with Crippen LogP contribution < -0.4 is 15.5 Å². The Hall–Kier alpha value is -5.18. The molecule has 2 N–H and O–H groups in total. The van der Waals surface area contributed by atoms with Crippen LogP contribution in [0.4, 0.5) is 13.2 Å². The minimum atomic E-state index is -1.20. The first-order valence-corrected chi connectivity index (χ1v) is 16.6. The summed E-state index contributed by atoms with van der Waals surface area (Å²) in [6, 6.07) is 7.42. The zero-order chi connectivity index (χ0) is 35.3. The summed E-state index contributed by atoms with van der Waals surface area (Å²) in [5, 5.41) is 3.61.